The van der Waals surface area contributed by atoms with E-state index in [0.717, 1.165) is 29.5 Å². The van der Waals surface area contributed by atoms with Gasteiger partial charge in [0.15, 0.2) is 16.7 Å². The van der Waals surface area contributed by atoms with Crippen LogP contribution in [0.25, 0.3) is 16.3 Å². The summed E-state index contributed by atoms with van der Waals surface area (Å²) in [5.41, 5.74) is 2.16. The van der Waals surface area contributed by atoms with E-state index in [-0.39, 0.29) is 5.57 Å². The number of benzene rings is 3. The Bertz CT molecular complexity index is 1610. The van der Waals surface area contributed by atoms with Gasteiger partial charge in [0.05, 0.1) is 35.0 Å². The van der Waals surface area contributed by atoms with E-state index in [1.807, 2.05) is 79.7 Å². The summed E-state index contributed by atoms with van der Waals surface area (Å²) in [5.74, 6) is -0.378. The molecule has 1 aliphatic rings. The van der Waals surface area contributed by atoms with Gasteiger partial charge in [-0.1, -0.05) is 79.6 Å². The van der Waals surface area contributed by atoms with Gasteiger partial charge in [-0.25, -0.2) is 4.98 Å². The third kappa shape index (κ3) is 6.18. The van der Waals surface area contributed by atoms with Crippen molar-refractivity contribution >= 4 is 44.5 Å². The minimum absolute atomic E-state index is 0.000393. The highest BCUT2D eigenvalue weighted by Gasteiger charge is 2.45. The minimum atomic E-state index is -0.887. The van der Waals surface area contributed by atoms with Crippen molar-refractivity contribution in [2.45, 2.75) is 39.2 Å². The third-order valence-corrected chi connectivity index (χ3v) is 7.77. The lowest BCUT2D eigenvalue weighted by molar-refractivity contribution is -0.117. The molecule has 0 fully saturated rings. The van der Waals surface area contributed by atoms with Crippen LogP contribution >= 0.6 is 11.3 Å². The maximum atomic E-state index is 13.6. The lowest BCUT2D eigenvalue weighted by Crippen LogP contribution is -2.30. The number of ketones is 1. The van der Waals surface area contributed by atoms with Crippen LogP contribution in [0.3, 0.4) is 0 Å². The Morgan fingerprint density at radius 3 is 2.59 bits per heavy atom. The van der Waals surface area contributed by atoms with Gasteiger partial charge >= 0.3 is 0 Å². The summed E-state index contributed by atoms with van der Waals surface area (Å²) in [5, 5.41) is 11.5. The Morgan fingerprint density at radius 1 is 1.00 bits per heavy atom. The van der Waals surface area contributed by atoms with Gasteiger partial charge < -0.3 is 14.6 Å². The van der Waals surface area contributed by atoms with E-state index in [0.29, 0.717) is 40.9 Å². The van der Waals surface area contributed by atoms with Crippen LogP contribution in [0, 0.1) is 0 Å². The first-order valence-electron chi connectivity index (χ1n) is 13.8. The quantitative estimate of drug-likeness (QED) is 0.141. The molecule has 1 aromatic heterocycles. The zero-order valence-electron chi connectivity index (χ0n) is 23.1. The second-order valence-corrected chi connectivity index (χ2v) is 10.6. The van der Waals surface area contributed by atoms with Crippen molar-refractivity contribution in [3.05, 3.63) is 101 Å². The number of ether oxygens (including phenoxy) is 2. The van der Waals surface area contributed by atoms with Crippen LogP contribution in [0.5, 0.6) is 11.5 Å². The molecule has 1 atom stereocenters. The molecule has 4 aromatic rings. The molecule has 210 valence electrons. The Balaban J connectivity index is 1.55. The molecule has 7 nitrogen and oxygen atoms in total. The predicted molar refractivity (Wildman–Crippen MR) is 163 cm³/mol. The second-order valence-electron chi connectivity index (χ2n) is 9.64. The molecule has 0 radical (unpaired) electrons. The predicted octanol–water partition coefficient (Wildman–Crippen LogP) is 7.45. The van der Waals surface area contributed by atoms with Crippen molar-refractivity contribution in [3.63, 3.8) is 0 Å². The fourth-order valence-electron chi connectivity index (χ4n) is 4.76. The Morgan fingerprint density at radius 2 is 1.80 bits per heavy atom. The van der Waals surface area contributed by atoms with Crippen molar-refractivity contribution in [1.82, 2.24) is 4.98 Å². The molecular formula is C33H32N2O5S. The third-order valence-electron chi connectivity index (χ3n) is 6.76. The summed E-state index contributed by atoms with van der Waals surface area (Å²) < 4.78 is 12.4. The number of aliphatic hydroxyl groups is 1. The molecule has 0 saturated carbocycles. The summed E-state index contributed by atoms with van der Waals surface area (Å²) in [7, 11) is 0. The summed E-state index contributed by atoms with van der Waals surface area (Å²) in [4.78, 5) is 33.3. The highest BCUT2D eigenvalue weighted by molar-refractivity contribution is 7.22. The zero-order valence-corrected chi connectivity index (χ0v) is 23.9. The Kier molecular flexibility index (Phi) is 8.79. The van der Waals surface area contributed by atoms with Gasteiger partial charge in [0.1, 0.15) is 11.5 Å². The Hall–Kier alpha value is -4.43. The number of aliphatic hydroxyl groups excluding tert-OH is 1. The summed E-state index contributed by atoms with van der Waals surface area (Å²) in [6, 6.07) is 21.4. The standard InChI is InChI=1S/C33H32N2O5S/c1-3-5-9-19-40-24-14-10-13-23(20-24)30-29(27(36)18-15-22-11-7-6-8-12-22)31(37)32(38)35(30)33-34-26-17-16-25(39-4-2)21-28(26)41-33/h6-8,10-18,20-21,30,37H,3-5,9,19H2,1-2H3. The van der Waals surface area contributed by atoms with Gasteiger partial charge in [0.25, 0.3) is 5.91 Å². The number of carbonyl (C=O) groups excluding carboxylic acids is 2. The molecule has 41 heavy (non-hydrogen) atoms. The second kappa shape index (κ2) is 12.8. The molecule has 0 bridgehead atoms. The number of aromatic nitrogens is 1. The van der Waals surface area contributed by atoms with E-state index in [1.54, 1.807) is 6.08 Å². The van der Waals surface area contributed by atoms with E-state index >= 15 is 0 Å². The Labute approximate surface area is 243 Å². The topological polar surface area (TPSA) is 89.0 Å². The van der Waals surface area contributed by atoms with Gasteiger partial charge in [-0.05, 0) is 60.9 Å². The van der Waals surface area contributed by atoms with Gasteiger partial charge in [0, 0.05) is 0 Å². The SMILES string of the molecule is CCCCCOc1cccc(C2C(C(=O)C=Cc3ccccc3)=C(O)C(=O)N2c2nc3ccc(OCC)cc3s2)c1. The number of amides is 1. The van der Waals surface area contributed by atoms with E-state index in [9.17, 15) is 14.7 Å². The summed E-state index contributed by atoms with van der Waals surface area (Å²) in [6.45, 7) is 5.14. The van der Waals surface area contributed by atoms with Gasteiger partial charge in [-0.15, -0.1) is 0 Å². The number of nitrogens with zero attached hydrogens (tertiary/aromatic N) is 2. The molecule has 2 heterocycles. The molecule has 1 aliphatic heterocycles. The lowest BCUT2D eigenvalue weighted by Gasteiger charge is -2.24. The first kappa shape index (κ1) is 28.1. The average molecular weight is 569 g/mol. The molecular weight excluding hydrogens is 536 g/mol. The maximum Gasteiger partial charge on any atom is 0.296 e. The van der Waals surface area contributed by atoms with Gasteiger partial charge in [-0.2, -0.15) is 0 Å². The van der Waals surface area contributed by atoms with Crippen molar-refractivity contribution < 1.29 is 24.2 Å². The van der Waals surface area contributed by atoms with E-state index in [4.69, 9.17) is 14.5 Å². The first-order valence-corrected chi connectivity index (χ1v) is 14.6. The smallest absolute Gasteiger partial charge is 0.296 e. The largest absolute Gasteiger partial charge is 0.503 e. The van der Waals surface area contributed by atoms with Crippen LogP contribution in [0.1, 0.15) is 50.3 Å². The summed E-state index contributed by atoms with van der Waals surface area (Å²) in [6.07, 6.45) is 6.15. The van der Waals surface area contributed by atoms with Crippen LogP contribution in [0.4, 0.5) is 5.13 Å². The normalized spacial score (nSPS) is 15.3. The lowest BCUT2D eigenvalue weighted by atomic mass is 9.95. The molecule has 0 saturated heterocycles. The average Bonchev–Trinajstić information content (AvgIpc) is 3.52. The molecule has 1 N–H and O–H groups in total. The van der Waals surface area contributed by atoms with Crippen LogP contribution in [0.2, 0.25) is 0 Å². The number of hydrogen-bond acceptors (Lipinski definition) is 7. The van der Waals surface area contributed by atoms with Gasteiger partial charge in [0.2, 0.25) is 0 Å². The number of anilines is 1. The number of fused-ring (bicyclic) bond motifs is 1. The number of carbonyl (C=O) groups is 2. The monoisotopic (exact) mass is 568 g/mol. The molecule has 1 amide bonds. The van der Waals surface area contributed by atoms with Crippen LogP contribution in [-0.2, 0) is 9.59 Å². The molecule has 1 unspecified atom stereocenters. The van der Waals surface area contributed by atoms with Crippen LogP contribution in [0.15, 0.2) is 90.2 Å². The number of allylic oxidation sites excluding steroid dienone is 1. The molecule has 3 aromatic carbocycles. The van der Waals surface area contributed by atoms with E-state index in [1.165, 1.54) is 22.3 Å². The number of hydrogen-bond donors (Lipinski definition) is 1. The zero-order chi connectivity index (χ0) is 28.8. The highest BCUT2D eigenvalue weighted by Crippen LogP contribution is 2.44. The highest BCUT2D eigenvalue weighted by atomic mass is 32.1. The fraction of sp³-hybridized carbons (Fsp3) is 0.242. The number of rotatable bonds is 12. The number of unbranched alkanes of at least 4 members (excludes halogenated alkanes) is 2. The van der Waals surface area contributed by atoms with Crippen molar-refractivity contribution in [2.75, 3.05) is 18.1 Å². The van der Waals surface area contributed by atoms with Gasteiger partial charge in [-0.3, -0.25) is 14.5 Å². The fourth-order valence-corrected chi connectivity index (χ4v) is 5.78. The van der Waals surface area contributed by atoms with Crippen LogP contribution in [-0.4, -0.2) is 35.0 Å². The van der Waals surface area contributed by atoms with Crippen molar-refractivity contribution in [1.29, 1.82) is 0 Å². The van der Waals surface area contributed by atoms with E-state index < -0.39 is 23.5 Å². The van der Waals surface area contributed by atoms with Crippen LogP contribution < -0.4 is 14.4 Å². The number of thiazole rings is 1. The molecule has 0 spiro atoms. The minimum Gasteiger partial charge on any atom is -0.503 e. The molecule has 0 aliphatic carbocycles. The first-order chi connectivity index (χ1) is 20.0. The molecule has 5 rings (SSSR count). The molecule has 8 heteroatoms. The van der Waals surface area contributed by atoms with Crippen molar-refractivity contribution in [3.8, 4) is 11.5 Å². The van der Waals surface area contributed by atoms with E-state index in [2.05, 4.69) is 6.92 Å². The van der Waals surface area contributed by atoms with Crippen molar-refractivity contribution in [2.24, 2.45) is 0 Å². The maximum absolute atomic E-state index is 13.6. The summed E-state index contributed by atoms with van der Waals surface area (Å²) >= 11 is 1.30.